The molecule has 5 heteroatoms. The number of carbonyl (C=O) groups is 1. The van der Waals surface area contributed by atoms with Gasteiger partial charge in [0.25, 0.3) is 5.91 Å². The van der Waals surface area contributed by atoms with E-state index in [0.29, 0.717) is 5.69 Å². The van der Waals surface area contributed by atoms with Gasteiger partial charge in [0, 0.05) is 19.8 Å². The van der Waals surface area contributed by atoms with Crippen LogP contribution < -0.4 is 16.0 Å². The first-order chi connectivity index (χ1) is 9.49. The first-order valence-corrected chi connectivity index (χ1v) is 6.12. The summed E-state index contributed by atoms with van der Waals surface area (Å²) in [4.78, 5) is 14.0. The van der Waals surface area contributed by atoms with Crippen molar-refractivity contribution in [3.63, 3.8) is 0 Å². The highest BCUT2D eigenvalue weighted by Crippen LogP contribution is 2.24. The number of halogens is 1. The van der Waals surface area contributed by atoms with Crippen LogP contribution in [0.3, 0.4) is 0 Å². The van der Waals surface area contributed by atoms with Crippen molar-refractivity contribution in [1.29, 1.82) is 0 Å². The third kappa shape index (κ3) is 2.88. The third-order valence-corrected chi connectivity index (χ3v) is 2.87. The van der Waals surface area contributed by atoms with Crippen molar-refractivity contribution in [3.8, 4) is 0 Å². The summed E-state index contributed by atoms with van der Waals surface area (Å²) in [6, 6.07) is 11.3. The number of nitrogen functional groups attached to an aromatic ring is 1. The van der Waals surface area contributed by atoms with E-state index >= 15 is 0 Å². The molecule has 2 aromatic carbocycles. The maximum Gasteiger partial charge on any atom is 0.258 e. The smallest absolute Gasteiger partial charge is 0.258 e. The van der Waals surface area contributed by atoms with Gasteiger partial charge < -0.3 is 16.0 Å². The fraction of sp³-hybridized carbons (Fsp3) is 0.133. The highest BCUT2D eigenvalue weighted by molar-refractivity contribution is 6.06. The van der Waals surface area contributed by atoms with Gasteiger partial charge in [-0.05, 0) is 30.3 Å². The lowest BCUT2D eigenvalue weighted by Gasteiger charge is -2.17. The molecule has 0 atom stereocenters. The fourth-order valence-corrected chi connectivity index (χ4v) is 1.87. The Kier molecular flexibility index (Phi) is 3.89. The molecule has 2 rings (SSSR count). The number of nitrogens with two attached hydrogens (primary N) is 1. The first kappa shape index (κ1) is 13.9. The van der Waals surface area contributed by atoms with Crippen LogP contribution in [0.5, 0.6) is 0 Å². The molecule has 0 saturated heterocycles. The van der Waals surface area contributed by atoms with Crippen molar-refractivity contribution >= 4 is 23.0 Å². The highest BCUT2D eigenvalue weighted by atomic mass is 19.1. The van der Waals surface area contributed by atoms with Crippen LogP contribution in [0.2, 0.25) is 0 Å². The lowest BCUT2D eigenvalue weighted by atomic mass is 10.1. The van der Waals surface area contributed by atoms with Gasteiger partial charge in [-0.2, -0.15) is 0 Å². The zero-order valence-corrected chi connectivity index (χ0v) is 11.4. The van der Waals surface area contributed by atoms with E-state index in [1.807, 2.05) is 37.2 Å². The number of para-hydroxylation sites is 2. The van der Waals surface area contributed by atoms with Crippen LogP contribution in [0.15, 0.2) is 42.5 Å². The normalized spacial score (nSPS) is 10.2. The predicted octanol–water partition coefficient (Wildman–Crippen LogP) is 2.73. The number of rotatable bonds is 3. The standard InChI is InChI=1S/C15H16FN3O/c1-19(2)14-6-4-3-5-13(14)18-15(20)11-8-7-10(17)9-12(11)16/h3-9H,17H2,1-2H3,(H,18,20). The number of amides is 1. The molecule has 2 aromatic rings. The Balaban J connectivity index is 2.28. The van der Waals surface area contributed by atoms with E-state index < -0.39 is 11.7 Å². The van der Waals surface area contributed by atoms with Crippen molar-refractivity contribution in [2.75, 3.05) is 30.0 Å². The van der Waals surface area contributed by atoms with E-state index in [4.69, 9.17) is 5.73 Å². The molecule has 0 aliphatic carbocycles. The van der Waals surface area contributed by atoms with E-state index in [-0.39, 0.29) is 11.3 Å². The minimum atomic E-state index is -0.634. The number of anilines is 3. The number of carbonyl (C=O) groups excluding carboxylic acids is 1. The summed E-state index contributed by atoms with van der Waals surface area (Å²) < 4.78 is 13.7. The van der Waals surface area contributed by atoms with Crippen LogP contribution >= 0.6 is 0 Å². The van der Waals surface area contributed by atoms with Crippen LogP contribution in [0, 0.1) is 5.82 Å². The topological polar surface area (TPSA) is 58.4 Å². The Morgan fingerprint density at radius 3 is 2.55 bits per heavy atom. The van der Waals surface area contributed by atoms with Gasteiger partial charge in [0.1, 0.15) is 5.82 Å². The summed E-state index contributed by atoms with van der Waals surface area (Å²) in [6.45, 7) is 0. The molecule has 0 radical (unpaired) electrons. The second-order valence-corrected chi connectivity index (χ2v) is 4.60. The Hall–Kier alpha value is -2.56. The molecule has 4 nitrogen and oxygen atoms in total. The zero-order chi connectivity index (χ0) is 14.7. The quantitative estimate of drug-likeness (QED) is 0.845. The van der Waals surface area contributed by atoms with E-state index in [2.05, 4.69) is 5.32 Å². The molecule has 0 bridgehead atoms. The Labute approximate surface area is 117 Å². The molecule has 0 aliphatic heterocycles. The van der Waals surface area contributed by atoms with E-state index in [0.717, 1.165) is 11.8 Å². The van der Waals surface area contributed by atoms with E-state index in [1.54, 1.807) is 6.07 Å². The second kappa shape index (κ2) is 5.61. The molecule has 20 heavy (non-hydrogen) atoms. The minimum Gasteiger partial charge on any atom is -0.399 e. The van der Waals surface area contributed by atoms with Gasteiger partial charge in [-0.15, -0.1) is 0 Å². The van der Waals surface area contributed by atoms with Gasteiger partial charge in [-0.3, -0.25) is 4.79 Å². The van der Waals surface area contributed by atoms with Gasteiger partial charge in [-0.25, -0.2) is 4.39 Å². The fourth-order valence-electron chi connectivity index (χ4n) is 1.87. The monoisotopic (exact) mass is 273 g/mol. The average Bonchev–Trinajstić information content (AvgIpc) is 2.38. The predicted molar refractivity (Wildman–Crippen MR) is 79.5 cm³/mol. The summed E-state index contributed by atoms with van der Waals surface area (Å²) >= 11 is 0. The lowest BCUT2D eigenvalue weighted by molar-refractivity contribution is 0.102. The summed E-state index contributed by atoms with van der Waals surface area (Å²) in [6.07, 6.45) is 0. The number of benzene rings is 2. The Bertz CT molecular complexity index is 641. The molecule has 0 fully saturated rings. The third-order valence-electron chi connectivity index (χ3n) is 2.87. The van der Waals surface area contributed by atoms with Crippen LogP contribution in [0.25, 0.3) is 0 Å². The molecule has 3 N–H and O–H groups in total. The van der Waals surface area contributed by atoms with Crippen molar-refractivity contribution in [3.05, 3.63) is 53.8 Å². The lowest BCUT2D eigenvalue weighted by Crippen LogP contribution is -2.17. The number of hydrogen-bond acceptors (Lipinski definition) is 3. The van der Waals surface area contributed by atoms with Crippen molar-refractivity contribution in [1.82, 2.24) is 0 Å². The van der Waals surface area contributed by atoms with E-state index in [1.165, 1.54) is 12.1 Å². The van der Waals surface area contributed by atoms with E-state index in [9.17, 15) is 9.18 Å². The molecular formula is C15H16FN3O. The average molecular weight is 273 g/mol. The molecule has 0 heterocycles. The van der Waals surface area contributed by atoms with Crippen LogP contribution in [0.1, 0.15) is 10.4 Å². The van der Waals surface area contributed by atoms with Gasteiger partial charge in [0.05, 0.1) is 16.9 Å². The molecule has 1 amide bonds. The number of hydrogen-bond donors (Lipinski definition) is 2. The molecular weight excluding hydrogens is 257 g/mol. The molecule has 0 aromatic heterocycles. The summed E-state index contributed by atoms with van der Waals surface area (Å²) in [5.74, 6) is -1.14. The van der Waals surface area contributed by atoms with Crippen molar-refractivity contribution in [2.24, 2.45) is 0 Å². The van der Waals surface area contributed by atoms with Crippen molar-refractivity contribution in [2.45, 2.75) is 0 Å². The Morgan fingerprint density at radius 1 is 1.20 bits per heavy atom. The largest absolute Gasteiger partial charge is 0.399 e. The van der Waals surface area contributed by atoms with Gasteiger partial charge in [0.2, 0.25) is 0 Å². The highest BCUT2D eigenvalue weighted by Gasteiger charge is 2.14. The first-order valence-electron chi connectivity index (χ1n) is 6.12. The molecule has 0 aliphatic rings. The SMILES string of the molecule is CN(C)c1ccccc1NC(=O)c1ccc(N)cc1F. The second-order valence-electron chi connectivity index (χ2n) is 4.60. The Morgan fingerprint density at radius 2 is 1.90 bits per heavy atom. The van der Waals surface area contributed by atoms with Gasteiger partial charge >= 0.3 is 0 Å². The molecule has 104 valence electrons. The van der Waals surface area contributed by atoms with Crippen LogP contribution in [-0.4, -0.2) is 20.0 Å². The van der Waals surface area contributed by atoms with Gasteiger partial charge in [-0.1, -0.05) is 12.1 Å². The molecule has 0 saturated carbocycles. The number of nitrogens with one attached hydrogen (secondary N) is 1. The maximum absolute atomic E-state index is 13.7. The maximum atomic E-state index is 13.7. The van der Waals surface area contributed by atoms with Crippen LogP contribution in [0.4, 0.5) is 21.5 Å². The molecule has 0 spiro atoms. The number of nitrogens with zero attached hydrogens (tertiary/aromatic N) is 1. The zero-order valence-electron chi connectivity index (χ0n) is 11.4. The summed E-state index contributed by atoms with van der Waals surface area (Å²) in [5.41, 5.74) is 7.18. The minimum absolute atomic E-state index is 0.0345. The van der Waals surface area contributed by atoms with Crippen molar-refractivity contribution < 1.29 is 9.18 Å². The summed E-state index contributed by atoms with van der Waals surface area (Å²) in [7, 11) is 3.74. The van der Waals surface area contributed by atoms with Gasteiger partial charge in [0.15, 0.2) is 0 Å². The van der Waals surface area contributed by atoms with Crippen LogP contribution in [-0.2, 0) is 0 Å². The summed E-state index contributed by atoms with van der Waals surface area (Å²) in [5, 5.41) is 2.71. The molecule has 0 unspecified atom stereocenters.